The zero-order valence-corrected chi connectivity index (χ0v) is 33.8. The molecule has 10 nitrogen and oxygen atoms in total. The minimum atomic E-state index is -0.794. The summed E-state index contributed by atoms with van der Waals surface area (Å²) in [7, 11) is 0. The Kier molecular flexibility index (Phi) is 21.9. The number of tetrazole rings is 1. The average molecular weight is 764 g/mol. The second kappa shape index (κ2) is 27.2. The van der Waals surface area contributed by atoms with E-state index in [1.165, 1.54) is 0 Å². The van der Waals surface area contributed by atoms with E-state index in [2.05, 4.69) is 88.3 Å². The van der Waals surface area contributed by atoms with Crippen LogP contribution >= 0.6 is 0 Å². The first-order valence-corrected chi connectivity index (χ1v) is 20.1. The second-order valence-corrected chi connectivity index (χ2v) is 13.8. The van der Waals surface area contributed by atoms with Crippen molar-refractivity contribution in [1.82, 2.24) is 25.5 Å². The number of amides is 1. The van der Waals surface area contributed by atoms with Gasteiger partial charge in [-0.25, -0.2) is 4.79 Å². The van der Waals surface area contributed by atoms with Crippen LogP contribution in [0.25, 0.3) is 22.5 Å². The van der Waals surface area contributed by atoms with Gasteiger partial charge >= 0.3 is 11.9 Å². The number of esters is 2. The monoisotopic (exact) mass is 763 g/mol. The Balaban J connectivity index is 1.42. The van der Waals surface area contributed by atoms with Crippen LogP contribution in [0, 0.1) is 5.92 Å². The average Bonchev–Trinajstić information content (AvgIpc) is 3.75. The maximum Gasteiger partial charge on any atom is 0.329 e. The lowest BCUT2D eigenvalue weighted by Gasteiger charge is -2.33. The molecule has 0 bridgehead atoms. The molecule has 1 atom stereocenters. The highest BCUT2D eigenvalue weighted by molar-refractivity contribution is 5.85. The minimum Gasteiger partial charge on any atom is -0.462 e. The molecule has 0 radical (unpaired) electrons. The number of H-pyrrole nitrogens is 1. The number of nitrogens with one attached hydrogen (secondary N) is 1. The fraction of sp³-hybridized carbons (Fsp3) is 0.435. The van der Waals surface area contributed by atoms with Crippen molar-refractivity contribution in [1.29, 1.82) is 0 Å². The molecular weight excluding hydrogens is 703 g/mol. The summed E-state index contributed by atoms with van der Waals surface area (Å²) < 4.78 is 10.9. The van der Waals surface area contributed by atoms with E-state index in [0.717, 1.165) is 73.6 Å². The van der Waals surface area contributed by atoms with E-state index in [4.69, 9.17) is 9.47 Å². The lowest BCUT2D eigenvalue weighted by Crippen LogP contribution is -2.48. The molecule has 0 spiro atoms. The Morgan fingerprint density at radius 2 is 1.34 bits per heavy atom. The van der Waals surface area contributed by atoms with Crippen molar-refractivity contribution in [3.63, 3.8) is 0 Å². The van der Waals surface area contributed by atoms with Crippen LogP contribution in [0.2, 0.25) is 0 Å². The molecule has 3 aromatic rings. The van der Waals surface area contributed by atoms with Gasteiger partial charge in [-0.2, -0.15) is 5.21 Å². The zero-order chi connectivity index (χ0) is 40.2. The zero-order valence-electron chi connectivity index (χ0n) is 33.8. The van der Waals surface area contributed by atoms with Crippen molar-refractivity contribution in [2.24, 2.45) is 5.92 Å². The van der Waals surface area contributed by atoms with E-state index < -0.39 is 12.0 Å². The van der Waals surface area contributed by atoms with Crippen molar-refractivity contribution in [2.45, 2.75) is 111 Å². The number of carbonyl (C=O) groups is 3. The van der Waals surface area contributed by atoms with Crippen LogP contribution in [-0.2, 0) is 30.4 Å². The summed E-state index contributed by atoms with van der Waals surface area (Å²) >= 11 is 0. The fourth-order valence-corrected chi connectivity index (χ4v) is 5.95. The van der Waals surface area contributed by atoms with Gasteiger partial charge in [-0.15, -0.1) is 10.2 Å². The molecule has 0 saturated carbocycles. The van der Waals surface area contributed by atoms with E-state index in [-0.39, 0.29) is 44.0 Å². The van der Waals surface area contributed by atoms with E-state index in [1.54, 1.807) is 4.90 Å². The molecule has 2 aromatic carbocycles. The summed E-state index contributed by atoms with van der Waals surface area (Å²) in [6, 6.07) is 14.9. The number of aromatic amines is 1. The van der Waals surface area contributed by atoms with Gasteiger partial charge in [0.05, 0.1) is 0 Å². The molecular formula is C46H61N5O5. The molecule has 1 heterocycles. The lowest BCUT2D eigenvalue weighted by molar-refractivity contribution is -0.161. The number of carbonyl (C=O) groups excluding carboxylic acids is 3. The molecule has 3 rings (SSSR count). The van der Waals surface area contributed by atoms with E-state index in [1.807, 2.05) is 69.3 Å². The van der Waals surface area contributed by atoms with Gasteiger partial charge in [0.15, 0.2) is 0 Å². The van der Waals surface area contributed by atoms with Crippen LogP contribution in [0.3, 0.4) is 0 Å². The Morgan fingerprint density at radius 3 is 1.93 bits per heavy atom. The van der Waals surface area contributed by atoms with Gasteiger partial charge < -0.3 is 14.4 Å². The summed E-state index contributed by atoms with van der Waals surface area (Å²) in [5.74, 6) is -0.637. The van der Waals surface area contributed by atoms with Crippen molar-refractivity contribution in [3.05, 3.63) is 115 Å². The number of hydrogen-bond donors (Lipinski definition) is 1. The number of nitrogens with zero attached hydrogens (tertiary/aromatic N) is 4. The third-order valence-corrected chi connectivity index (χ3v) is 8.90. The fourth-order valence-electron chi connectivity index (χ4n) is 5.95. The molecule has 56 heavy (non-hydrogen) atoms. The van der Waals surface area contributed by atoms with Crippen LogP contribution < -0.4 is 0 Å². The Labute approximate surface area is 333 Å². The molecule has 0 aliphatic heterocycles. The van der Waals surface area contributed by atoms with Gasteiger partial charge in [0.2, 0.25) is 11.7 Å². The van der Waals surface area contributed by atoms with E-state index in [9.17, 15) is 14.4 Å². The summed E-state index contributed by atoms with van der Waals surface area (Å²) in [5, 5.41) is 14.5. The van der Waals surface area contributed by atoms with Crippen LogP contribution in [0.4, 0.5) is 0 Å². The molecule has 1 amide bonds. The van der Waals surface area contributed by atoms with Crippen LogP contribution in [-0.4, -0.2) is 62.6 Å². The van der Waals surface area contributed by atoms with Gasteiger partial charge in [0, 0.05) is 24.9 Å². The number of unbranched alkanes of at least 4 members (excludes halogenated alkanes) is 2. The van der Waals surface area contributed by atoms with Gasteiger partial charge in [-0.05, 0) is 79.2 Å². The van der Waals surface area contributed by atoms with E-state index >= 15 is 0 Å². The Morgan fingerprint density at radius 1 is 0.732 bits per heavy atom. The first-order chi connectivity index (χ1) is 27.3. The Hall–Kier alpha value is -5.38. The summed E-state index contributed by atoms with van der Waals surface area (Å²) in [6.45, 7) is 8.12. The third-order valence-electron chi connectivity index (χ3n) is 8.90. The molecule has 0 aliphatic rings. The molecule has 1 aromatic heterocycles. The Bertz CT molecular complexity index is 1720. The first-order valence-electron chi connectivity index (χ1n) is 20.1. The van der Waals surface area contributed by atoms with E-state index in [0.29, 0.717) is 18.7 Å². The number of benzene rings is 2. The van der Waals surface area contributed by atoms with Gasteiger partial charge in [0.1, 0.15) is 19.3 Å². The maximum absolute atomic E-state index is 13.5. The van der Waals surface area contributed by atoms with Crippen LogP contribution in [0.5, 0.6) is 0 Å². The maximum atomic E-state index is 13.5. The summed E-state index contributed by atoms with van der Waals surface area (Å²) in [5.41, 5.74) is 3.64. The largest absolute Gasteiger partial charge is 0.462 e. The van der Waals surface area contributed by atoms with Gasteiger partial charge in [0.25, 0.3) is 0 Å². The summed E-state index contributed by atoms with van der Waals surface area (Å²) in [6.07, 6.45) is 30.1. The highest BCUT2D eigenvalue weighted by Gasteiger charge is 2.33. The summed E-state index contributed by atoms with van der Waals surface area (Å²) in [4.78, 5) is 41.0. The molecule has 0 saturated heterocycles. The van der Waals surface area contributed by atoms with Crippen LogP contribution in [0.15, 0.2) is 109 Å². The number of aromatic nitrogens is 4. The van der Waals surface area contributed by atoms with Crippen molar-refractivity contribution < 1.29 is 23.9 Å². The topological polar surface area (TPSA) is 127 Å². The lowest BCUT2D eigenvalue weighted by atomic mass is 9.97. The predicted molar refractivity (Wildman–Crippen MR) is 224 cm³/mol. The van der Waals surface area contributed by atoms with Gasteiger partial charge in [-0.1, -0.05) is 143 Å². The first kappa shape index (κ1) is 45.0. The number of rotatable bonds is 26. The quantitative estimate of drug-likeness (QED) is 0.0486. The van der Waals surface area contributed by atoms with Crippen LogP contribution in [0.1, 0.15) is 104 Å². The highest BCUT2D eigenvalue weighted by atomic mass is 16.6. The predicted octanol–water partition coefficient (Wildman–Crippen LogP) is 10.1. The highest BCUT2D eigenvalue weighted by Crippen LogP contribution is 2.30. The van der Waals surface area contributed by atoms with Crippen molar-refractivity contribution in [2.75, 3.05) is 13.2 Å². The smallest absolute Gasteiger partial charge is 0.329 e. The third kappa shape index (κ3) is 17.0. The molecule has 0 unspecified atom stereocenters. The molecule has 10 heteroatoms. The number of ether oxygens (including phenoxy) is 2. The van der Waals surface area contributed by atoms with Gasteiger partial charge in [-0.3, -0.25) is 9.59 Å². The number of hydrogen-bond acceptors (Lipinski definition) is 8. The van der Waals surface area contributed by atoms with Crippen molar-refractivity contribution in [3.8, 4) is 22.5 Å². The molecule has 300 valence electrons. The normalized spacial score (nSPS) is 12.5. The second-order valence-electron chi connectivity index (χ2n) is 13.8. The molecule has 0 aliphatic carbocycles. The standard InChI is InChI=1S/C46H61N5O5/c1-5-7-9-10-11-12-13-14-15-16-17-18-19-20-21-22-23-29-43(53)55-34-35-56-46(54)44(37(3)4)51(42(52)28-8-6-2)36-38-30-32-39(33-31-38)40-26-24-25-27-41(40)45-47-49-50-48-45/h7,9,11-12,14-15,17-18,20-21,24-27,30-33,37,44H,5-6,8,10,13,16,19,22-23,28-29,34-36H2,1-4H3,(H,47,48,49,50)/b9-7-,12-11-,15-14-,18-17-,21-20-/t44-/m1/s1. The van der Waals surface area contributed by atoms with Crippen molar-refractivity contribution >= 4 is 17.8 Å². The molecule has 1 N–H and O–H groups in total. The molecule has 0 fully saturated rings. The minimum absolute atomic E-state index is 0.0341. The number of allylic oxidation sites excluding steroid dienone is 10. The SMILES string of the molecule is CC/C=C\C/C=C\C/C=C\C/C=C\C/C=C\CCCC(=O)OCCOC(=O)[C@@H](C(C)C)N(Cc1ccc(-c2ccccc2-c2nn[nH]n2)cc1)C(=O)CCCC.